The molecule has 3 aromatic rings. The van der Waals surface area contributed by atoms with Gasteiger partial charge in [-0.05, 0) is 42.5 Å². The number of carbonyl (C=O) groups excluding carboxylic acids is 1. The number of aromatic nitrogens is 2. The number of hydrogen-bond acceptors (Lipinski definition) is 5. The van der Waals surface area contributed by atoms with Gasteiger partial charge >= 0.3 is 11.8 Å². The van der Waals surface area contributed by atoms with Gasteiger partial charge in [0.15, 0.2) is 0 Å². The summed E-state index contributed by atoms with van der Waals surface area (Å²) in [5, 5.41) is 10.4. The Balaban J connectivity index is 1.78. The van der Waals surface area contributed by atoms with Gasteiger partial charge in [0.2, 0.25) is 5.89 Å². The van der Waals surface area contributed by atoms with Crippen LogP contribution in [0.5, 0.6) is 5.75 Å². The minimum absolute atomic E-state index is 0.106. The van der Waals surface area contributed by atoms with Crippen LogP contribution in [0, 0.1) is 0 Å². The lowest BCUT2D eigenvalue weighted by atomic mass is 10.2. The van der Waals surface area contributed by atoms with E-state index >= 15 is 0 Å². The van der Waals surface area contributed by atoms with Crippen molar-refractivity contribution >= 4 is 27.5 Å². The third kappa shape index (κ3) is 3.57. The number of nitrogens with zero attached hydrogens (tertiary/aromatic N) is 2. The zero-order valence-corrected chi connectivity index (χ0v) is 13.7. The average molecular weight is 374 g/mol. The van der Waals surface area contributed by atoms with Gasteiger partial charge in [0, 0.05) is 15.7 Å². The number of halogens is 1. The number of hydrogen-bond donors (Lipinski definition) is 1. The molecule has 6 nitrogen and oxygen atoms in total. The Hall–Kier alpha value is -2.67. The summed E-state index contributed by atoms with van der Waals surface area (Å²) in [4.78, 5) is 12.1. The van der Waals surface area contributed by atoms with Gasteiger partial charge in [-0.2, -0.15) is 0 Å². The standard InChI is InChI=1S/C16H12BrN3O3/c1-22-13-4-2-3-10(9-13)15-19-20-16(23-15)14(21)18-12-7-5-11(17)6-8-12/h2-9H,1H3,(H,18,21). The molecule has 0 aliphatic rings. The molecular formula is C16H12BrN3O3. The molecule has 0 aliphatic carbocycles. The molecule has 0 spiro atoms. The normalized spacial score (nSPS) is 10.3. The second-order valence-electron chi connectivity index (χ2n) is 4.61. The molecule has 3 rings (SSSR count). The number of carbonyl (C=O) groups is 1. The SMILES string of the molecule is COc1cccc(-c2nnc(C(=O)Nc3ccc(Br)cc3)o2)c1. The highest BCUT2D eigenvalue weighted by atomic mass is 79.9. The van der Waals surface area contributed by atoms with E-state index in [2.05, 4.69) is 31.4 Å². The molecule has 116 valence electrons. The number of ether oxygens (including phenoxy) is 1. The molecule has 0 unspecified atom stereocenters. The molecule has 1 aromatic heterocycles. The van der Waals surface area contributed by atoms with Gasteiger partial charge in [-0.15, -0.1) is 10.2 Å². The predicted molar refractivity (Wildman–Crippen MR) is 88.4 cm³/mol. The van der Waals surface area contributed by atoms with Crippen LogP contribution in [0.3, 0.4) is 0 Å². The molecule has 1 heterocycles. The molecule has 0 atom stereocenters. The molecule has 23 heavy (non-hydrogen) atoms. The first-order chi connectivity index (χ1) is 11.2. The van der Waals surface area contributed by atoms with E-state index in [1.165, 1.54) is 0 Å². The zero-order chi connectivity index (χ0) is 16.2. The van der Waals surface area contributed by atoms with E-state index in [1.54, 1.807) is 43.5 Å². The summed E-state index contributed by atoms with van der Waals surface area (Å²) >= 11 is 3.33. The van der Waals surface area contributed by atoms with Gasteiger partial charge < -0.3 is 14.5 Å². The summed E-state index contributed by atoms with van der Waals surface area (Å²) in [6, 6.07) is 14.3. The summed E-state index contributed by atoms with van der Waals surface area (Å²) in [5.41, 5.74) is 1.32. The summed E-state index contributed by atoms with van der Waals surface area (Å²) in [6.07, 6.45) is 0. The predicted octanol–water partition coefficient (Wildman–Crippen LogP) is 3.76. The van der Waals surface area contributed by atoms with Gasteiger partial charge in [0.05, 0.1) is 7.11 Å². The molecular weight excluding hydrogens is 362 g/mol. The van der Waals surface area contributed by atoms with Crippen LogP contribution in [-0.2, 0) is 0 Å². The fourth-order valence-electron chi connectivity index (χ4n) is 1.91. The van der Waals surface area contributed by atoms with Gasteiger partial charge in [-0.25, -0.2) is 0 Å². The van der Waals surface area contributed by atoms with Crippen LogP contribution in [-0.4, -0.2) is 23.2 Å². The van der Waals surface area contributed by atoms with Crippen molar-refractivity contribution in [3.8, 4) is 17.2 Å². The Kier molecular flexibility index (Phi) is 4.38. The fourth-order valence-corrected chi connectivity index (χ4v) is 2.17. The van der Waals surface area contributed by atoms with Crippen LogP contribution in [0.25, 0.3) is 11.5 Å². The molecule has 0 fully saturated rings. The van der Waals surface area contributed by atoms with Gasteiger partial charge in [0.25, 0.3) is 0 Å². The van der Waals surface area contributed by atoms with Crippen LogP contribution >= 0.6 is 15.9 Å². The highest BCUT2D eigenvalue weighted by Gasteiger charge is 2.16. The third-order valence-corrected chi connectivity index (χ3v) is 3.57. The lowest BCUT2D eigenvalue weighted by Gasteiger charge is -2.02. The van der Waals surface area contributed by atoms with Crippen LogP contribution in [0.1, 0.15) is 10.7 Å². The maximum atomic E-state index is 12.1. The van der Waals surface area contributed by atoms with Crippen molar-refractivity contribution in [3.63, 3.8) is 0 Å². The second kappa shape index (κ2) is 6.62. The number of rotatable bonds is 4. The lowest BCUT2D eigenvalue weighted by molar-refractivity contribution is 0.0991. The van der Waals surface area contributed by atoms with E-state index in [0.717, 1.165) is 4.47 Å². The van der Waals surface area contributed by atoms with E-state index in [0.29, 0.717) is 17.0 Å². The van der Waals surface area contributed by atoms with Crippen LogP contribution in [0.4, 0.5) is 5.69 Å². The quantitative estimate of drug-likeness (QED) is 0.753. The van der Waals surface area contributed by atoms with Gasteiger partial charge in [-0.1, -0.05) is 22.0 Å². The monoisotopic (exact) mass is 373 g/mol. The Labute approximate surface area is 140 Å². The summed E-state index contributed by atoms with van der Waals surface area (Å²) in [5.74, 6) is 0.353. The van der Waals surface area contributed by atoms with Crippen molar-refractivity contribution in [3.05, 3.63) is 58.9 Å². The first kappa shape index (κ1) is 15.2. The van der Waals surface area contributed by atoms with Crippen LogP contribution in [0.2, 0.25) is 0 Å². The van der Waals surface area contributed by atoms with E-state index in [-0.39, 0.29) is 11.8 Å². The van der Waals surface area contributed by atoms with E-state index in [9.17, 15) is 4.79 Å². The first-order valence-electron chi connectivity index (χ1n) is 6.70. The summed E-state index contributed by atoms with van der Waals surface area (Å²) < 4.78 is 11.5. The van der Waals surface area contributed by atoms with E-state index < -0.39 is 5.91 Å². The van der Waals surface area contributed by atoms with Gasteiger partial charge in [0.1, 0.15) is 5.75 Å². The van der Waals surface area contributed by atoms with Crippen molar-refractivity contribution in [2.75, 3.05) is 12.4 Å². The largest absolute Gasteiger partial charge is 0.497 e. The van der Waals surface area contributed by atoms with Crippen molar-refractivity contribution in [1.82, 2.24) is 10.2 Å². The fraction of sp³-hybridized carbons (Fsp3) is 0.0625. The Morgan fingerprint density at radius 2 is 1.96 bits per heavy atom. The Bertz CT molecular complexity index is 831. The molecule has 0 aliphatic heterocycles. The number of benzene rings is 2. The molecule has 1 N–H and O–H groups in total. The maximum absolute atomic E-state index is 12.1. The molecule has 0 saturated heterocycles. The molecule has 0 radical (unpaired) electrons. The topological polar surface area (TPSA) is 77.2 Å². The zero-order valence-electron chi connectivity index (χ0n) is 12.1. The molecule has 0 saturated carbocycles. The number of methoxy groups -OCH3 is 1. The van der Waals surface area contributed by atoms with E-state index in [4.69, 9.17) is 9.15 Å². The maximum Gasteiger partial charge on any atom is 0.313 e. The summed E-state index contributed by atoms with van der Waals surface area (Å²) in [7, 11) is 1.57. The van der Waals surface area contributed by atoms with Gasteiger partial charge in [-0.3, -0.25) is 4.79 Å². The van der Waals surface area contributed by atoms with Crippen LogP contribution < -0.4 is 10.1 Å². The van der Waals surface area contributed by atoms with Crippen molar-refractivity contribution in [2.45, 2.75) is 0 Å². The van der Waals surface area contributed by atoms with Crippen molar-refractivity contribution < 1.29 is 13.9 Å². The number of anilines is 1. The highest BCUT2D eigenvalue weighted by Crippen LogP contribution is 2.23. The highest BCUT2D eigenvalue weighted by molar-refractivity contribution is 9.10. The molecule has 2 aromatic carbocycles. The second-order valence-corrected chi connectivity index (χ2v) is 5.52. The van der Waals surface area contributed by atoms with Crippen LogP contribution in [0.15, 0.2) is 57.4 Å². The van der Waals surface area contributed by atoms with E-state index in [1.807, 2.05) is 12.1 Å². The summed E-state index contributed by atoms with van der Waals surface area (Å²) in [6.45, 7) is 0. The Morgan fingerprint density at radius 1 is 1.17 bits per heavy atom. The van der Waals surface area contributed by atoms with Crippen molar-refractivity contribution in [1.29, 1.82) is 0 Å². The van der Waals surface area contributed by atoms with Crippen molar-refractivity contribution in [2.24, 2.45) is 0 Å². The number of nitrogens with one attached hydrogen (secondary N) is 1. The molecule has 7 heteroatoms. The minimum atomic E-state index is -0.464. The first-order valence-corrected chi connectivity index (χ1v) is 7.50. The lowest BCUT2D eigenvalue weighted by Crippen LogP contribution is -2.12. The smallest absolute Gasteiger partial charge is 0.313 e. The Morgan fingerprint density at radius 3 is 2.70 bits per heavy atom. The minimum Gasteiger partial charge on any atom is -0.497 e. The third-order valence-electron chi connectivity index (χ3n) is 3.04. The number of amides is 1. The average Bonchev–Trinajstić information content (AvgIpc) is 3.07. The molecule has 0 bridgehead atoms. The molecule has 1 amide bonds.